The number of hydrogen-bond acceptors (Lipinski definition) is 23. The number of aliphatic hydroxyl groups excluding tert-OH is 2. The summed E-state index contributed by atoms with van der Waals surface area (Å²) in [6.07, 6.45) is -1.20. The number of carbonyl (C=O) groups excluding carboxylic acids is 11. The lowest BCUT2D eigenvalue weighted by Crippen LogP contribution is -2.48. The molecule has 3 heterocycles. The fourth-order valence-electron chi connectivity index (χ4n) is 11.5. The minimum Gasteiger partial charge on any atom is -0.508 e. The first kappa shape index (κ1) is 80.3. The van der Waals surface area contributed by atoms with E-state index in [2.05, 4.69) is 41.2 Å². The third kappa shape index (κ3) is 25.2. The van der Waals surface area contributed by atoms with Crippen molar-refractivity contribution in [2.75, 3.05) is 39.5 Å². The van der Waals surface area contributed by atoms with E-state index >= 15 is 0 Å². The molecule has 0 spiro atoms. The summed E-state index contributed by atoms with van der Waals surface area (Å²) in [6, 6.07) is 9.97. The number of rotatable bonds is 47. The van der Waals surface area contributed by atoms with Gasteiger partial charge in [-0.05, 0) is 82.5 Å². The zero-order chi connectivity index (χ0) is 74.7. The van der Waals surface area contributed by atoms with Crippen molar-refractivity contribution in [1.82, 2.24) is 41.2 Å². The molecular formula is C70H85N9O23. The number of unbranched alkanes of at least 4 members (excludes halogenated alkanes) is 1. The lowest BCUT2D eigenvalue weighted by Gasteiger charge is -2.24. The largest absolute Gasteiger partial charge is 0.508 e. The van der Waals surface area contributed by atoms with Crippen molar-refractivity contribution in [2.24, 2.45) is 35.3 Å². The number of fused-ring (bicyclic) bond motifs is 2. The van der Waals surface area contributed by atoms with Crippen molar-refractivity contribution in [2.45, 2.75) is 135 Å². The highest BCUT2D eigenvalue weighted by Gasteiger charge is 2.36. The van der Waals surface area contributed by atoms with Crippen LogP contribution in [0.2, 0.25) is 0 Å². The third-order valence-corrected chi connectivity index (χ3v) is 16.8. The van der Waals surface area contributed by atoms with Crippen LogP contribution in [0.4, 0.5) is 0 Å². The maximum absolute atomic E-state index is 13.9. The van der Waals surface area contributed by atoms with E-state index < -0.39 is 182 Å². The molecule has 0 radical (unpaired) electrons. The summed E-state index contributed by atoms with van der Waals surface area (Å²) in [5.74, 6) is -16.9. The summed E-state index contributed by atoms with van der Waals surface area (Å²) < 4.78 is 17.1. The number of hydrogen-bond donors (Lipinski definition) is 13. The highest BCUT2D eigenvalue weighted by atomic mass is 16.5. The zero-order valence-corrected chi connectivity index (χ0v) is 56.4. The Balaban J connectivity index is 1.05. The van der Waals surface area contributed by atoms with Gasteiger partial charge in [-0.1, -0.05) is 6.42 Å². The van der Waals surface area contributed by atoms with Crippen LogP contribution in [0.15, 0.2) is 88.9 Å². The van der Waals surface area contributed by atoms with E-state index in [4.69, 9.17) is 19.6 Å². The molecule has 0 fully saturated rings. The van der Waals surface area contributed by atoms with Gasteiger partial charge in [-0.2, -0.15) is 0 Å². The van der Waals surface area contributed by atoms with Gasteiger partial charge >= 0.3 is 11.9 Å². The zero-order valence-electron chi connectivity index (χ0n) is 56.4. The number of aliphatic hydroxyl groups is 2. The van der Waals surface area contributed by atoms with Crippen molar-refractivity contribution < 1.29 is 107 Å². The van der Waals surface area contributed by atoms with Gasteiger partial charge in [0.15, 0.2) is 28.6 Å². The first-order chi connectivity index (χ1) is 48.5. The number of phenols is 2. The molecule has 14 N–H and O–H groups in total. The Bertz CT molecular complexity index is 3960. The Morgan fingerprint density at radius 3 is 1.82 bits per heavy atom. The van der Waals surface area contributed by atoms with Crippen molar-refractivity contribution in [3.8, 4) is 33.9 Å². The lowest BCUT2D eigenvalue weighted by atomic mass is 9.87. The molecule has 32 nitrogen and oxygen atoms in total. The van der Waals surface area contributed by atoms with Crippen molar-refractivity contribution in [1.29, 1.82) is 0 Å². The maximum atomic E-state index is 13.9. The third-order valence-electron chi connectivity index (χ3n) is 16.8. The number of carboxylic acid groups (broad SMARTS) is 2. The second-order valence-electron chi connectivity index (χ2n) is 25.1. The van der Waals surface area contributed by atoms with E-state index in [9.17, 15) is 97.8 Å². The molecule has 2 aromatic heterocycles. The van der Waals surface area contributed by atoms with Gasteiger partial charge in [-0.3, -0.25) is 62.3 Å². The van der Waals surface area contributed by atoms with Crippen LogP contribution < -0.4 is 32.4 Å². The number of nitrogens with two attached hydrogens (primary N) is 1. The van der Waals surface area contributed by atoms with Crippen molar-refractivity contribution >= 4 is 87.1 Å². The quantitative estimate of drug-likeness (QED) is 0.0193. The SMILES string of the molecule is CC(=O)C[C@@H](CC(=O)O)C(=O)N[C@@H](Cc1cnc[nH]1)C(=O)C[C@H](C(=O)CCCOCC(=O)C[C@H](CCCCNC(=O)c1ccc(O)c(-c2c3ccc(=O)cc-3oc3cc(O)ccc23)c1)C(=O)NCCOCC(=O)C[C@@H](C(=O)N[C@H](Cc1cnc[nH]1)C(=O)C[C@H](CC(=O)O)C(N)=O)[C@H](C)O)[C@@H](C)O. The minimum atomic E-state index is -1.44. The molecule has 1 aliphatic heterocycles. The number of nitrogens with one attached hydrogen (secondary N) is 6. The van der Waals surface area contributed by atoms with Crippen LogP contribution in [0.1, 0.15) is 120 Å². The molecule has 2 aromatic carbocycles. The maximum Gasteiger partial charge on any atom is 0.304 e. The molecule has 9 atom stereocenters. The van der Waals surface area contributed by atoms with Crippen LogP contribution >= 0.6 is 0 Å². The van der Waals surface area contributed by atoms with E-state index in [-0.39, 0.29) is 111 Å². The van der Waals surface area contributed by atoms with Crippen LogP contribution in [0.5, 0.6) is 11.5 Å². The Morgan fingerprint density at radius 1 is 0.598 bits per heavy atom. The molecule has 1 aliphatic carbocycles. The molecule has 4 aromatic rings. The summed E-state index contributed by atoms with van der Waals surface area (Å²) >= 11 is 0. The predicted octanol–water partition coefficient (Wildman–Crippen LogP) is 2.37. The molecule has 102 heavy (non-hydrogen) atoms. The van der Waals surface area contributed by atoms with E-state index in [0.29, 0.717) is 34.3 Å². The van der Waals surface area contributed by atoms with Gasteiger partial charge in [-0.15, -0.1) is 0 Å². The fourth-order valence-corrected chi connectivity index (χ4v) is 11.5. The monoisotopic (exact) mass is 1420 g/mol. The van der Waals surface area contributed by atoms with Crippen LogP contribution in [0, 0.1) is 29.6 Å². The fraction of sp³-hybridized carbons (Fsp3) is 0.457. The smallest absolute Gasteiger partial charge is 0.304 e. The number of aromatic hydroxyl groups is 2. The number of aliphatic carboxylic acids is 2. The number of phenolic OH excluding ortho intramolecular Hbond substituents is 2. The van der Waals surface area contributed by atoms with Gasteiger partial charge in [-0.25, -0.2) is 9.97 Å². The molecular weight excluding hydrogens is 1330 g/mol. The van der Waals surface area contributed by atoms with Gasteiger partial charge in [0.1, 0.15) is 47.6 Å². The molecule has 0 saturated carbocycles. The highest BCUT2D eigenvalue weighted by Crippen LogP contribution is 2.44. The van der Waals surface area contributed by atoms with Crippen LogP contribution in [0.3, 0.4) is 0 Å². The van der Waals surface area contributed by atoms with Crippen molar-refractivity contribution in [3.05, 3.63) is 107 Å². The van der Waals surface area contributed by atoms with Crippen LogP contribution in [0.25, 0.3) is 33.4 Å². The summed E-state index contributed by atoms with van der Waals surface area (Å²) in [5.41, 5.74) is 7.22. The predicted molar refractivity (Wildman–Crippen MR) is 360 cm³/mol. The second-order valence-corrected chi connectivity index (χ2v) is 25.1. The lowest BCUT2D eigenvalue weighted by molar-refractivity contribution is -0.142. The Morgan fingerprint density at radius 2 is 1.22 bits per heavy atom. The topological polar surface area (TPSA) is 523 Å². The average Bonchev–Trinajstić information content (AvgIpc) is 0.882. The first-order valence-corrected chi connectivity index (χ1v) is 33.0. The number of Topliss-reactive ketones (excluding diaryl/α,β-unsaturated/α-hetero) is 6. The Hall–Kier alpha value is -10.7. The second kappa shape index (κ2) is 39.3. The number of imidazole rings is 2. The molecule has 2 aliphatic rings. The normalized spacial score (nSPS) is 14.0. The summed E-state index contributed by atoms with van der Waals surface area (Å²) in [7, 11) is 0. The van der Waals surface area contributed by atoms with Crippen LogP contribution in [-0.4, -0.2) is 191 Å². The molecule has 0 saturated heterocycles. The summed E-state index contributed by atoms with van der Waals surface area (Å²) in [4.78, 5) is 195. The number of ether oxygens (including phenoxy) is 2. The van der Waals surface area contributed by atoms with Crippen molar-refractivity contribution in [3.63, 3.8) is 0 Å². The number of aromatic amines is 2. The number of amides is 5. The molecule has 548 valence electrons. The molecule has 5 amide bonds. The van der Waals surface area contributed by atoms with Gasteiger partial charge in [0.2, 0.25) is 23.6 Å². The number of primary amides is 1. The molecule has 0 bridgehead atoms. The van der Waals surface area contributed by atoms with Gasteiger partial charge < -0.3 is 86.3 Å². The number of carboxylic acids is 2. The number of H-pyrrole nitrogens is 2. The van der Waals surface area contributed by atoms with E-state index in [1.807, 2.05) is 0 Å². The molecule has 0 unspecified atom stereocenters. The highest BCUT2D eigenvalue weighted by molar-refractivity contribution is 6.05. The Kier molecular flexibility index (Phi) is 31.0. The first-order valence-electron chi connectivity index (χ1n) is 33.0. The summed E-state index contributed by atoms with van der Waals surface area (Å²) in [5, 5.41) is 72.3. The van der Waals surface area contributed by atoms with E-state index in [0.717, 1.165) is 0 Å². The van der Waals surface area contributed by atoms with Crippen LogP contribution in [-0.2, 0) is 79.8 Å². The standard InChI is InChI=1S/C70H85N9O23/c1-37(80)19-43(24-64(93)94)69(98)78-56(26-45-32-73-36-77-45)60(90)30-52(38(2)81)57(87)8-6-17-100-33-48(85)20-40(7-4-5-15-74-68(97)41-9-14-58(88)54(21-41)65-50-12-10-46(83)28-61(50)102-62-29-47(84)11-13-51(62)65)67(96)75-16-18-101-34-49(86)27-53(39(3)82)70(99)79-55(25-44-31-72-35-76-44)59(89)22-42(66(71)95)23-63(91)92/h9-14,21,28-29,31-32,35-36,38-40,42-43,52-53,55-56,81-83,88H,4-8,15-20,22-27,30,33-34H2,1-3H3,(H2,71,95)(H,72,76)(H,73,77)(H,74,97)(H,75,96)(H,78,98)(H,79,99)(H,91,92)(H,93,94)/t38-,39+,40+,42-,43+,52+,53-,55-,56+/m1/s1. The van der Waals surface area contributed by atoms with Gasteiger partial charge in [0, 0.05) is 141 Å². The average molecular weight is 1420 g/mol. The van der Waals surface area contributed by atoms with Gasteiger partial charge in [0.05, 0.1) is 80.1 Å². The number of carbonyl (C=O) groups is 13. The van der Waals surface area contributed by atoms with E-state index in [1.54, 1.807) is 6.07 Å². The molecule has 6 rings (SSSR count). The molecule has 32 heteroatoms. The number of aromatic nitrogens is 4. The Labute approximate surface area is 583 Å². The summed E-state index contributed by atoms with van der Waals surface area (Å²) in [6.45, 7) is 2.12. The minimum absolute atomic E-state index is 0.0208. The number of ketones is 6. The number of nitrogens with zero attached hydrogens (tertiary/aromatic N) is 2. The van der Waals surface area contributed by atoms with Gasteiger partial charge in [0.25, 0.3) is 5.91 Å². The number of benzene rings is 3. The van der Waals surface area contributed by atoms with E-state index in [1.165, 1.54) is 94.4 Å².